The summed E-state index contributed by atoms with van der Waals surface area (Å²) in [5.41, 5.74) is 1.20. The quantitative estimate of drug-likeness (QED) is 0.824. The van der Waals surface area contributed by atoms with Crippen LogP contribution in [0, 0.1) is 5.92 Å². The van der Waals surface area contributed by atoms with E-state index < -0.39 is 0 Å². The van der Waals surface area contributed by atoms with E-state index in [2.05, 4.69) is 15.3 Å². The van der Waals surface area contributed by atoms with Crippen molar-refractivity contribution in [2.75, 3.05) is 19.6 Å². The number of carbonyl (C=O) groups is 2. The monoisotopic (exact) mass is 395 g/mol. The summed E-state index contributed by atoms with van der Waals surface area (Å²) in [6, 6.07) is 5.12. The van der Waals surface area contributed by atoms with Crippen LogP contribution in [0.4, 0.5) is 0 Å². The van der Waals surface area contributed by atoms with Crippen molar-refractivity contribution in [2.24, 2.45) is 5.92 Å². The van der Waals surface area contributed by atoms with E-state index in [0.717, 1.165) is 18.5 Å². The zero-order valence-corrected chi connectivity index (χ0v) is 16.5. The summed E-state index contributed by atoms with van der Waals surface area (Å²) < 4.78 is 1.83. The van der Waals surface area contributed by atoms with Gasteiger partial charge >= 0.3 is 0 Å². The van der Waals surface area contributed by atoms with Crippen LogP contribution in [0.1, 0.15) is 54.3 Å². The van der Waals surface area contributed by atoms with Crippen molar-refractivity contribution >= 4 is 11.8 Å². The third-order valence-electron chi connectivity index (χ3n) is 5.85. The molecule has 152 valence electrons. The lowest BCUT2D eigenvalue weighted by molar-refractivity contribution is -0.121. The fourth-order valence-electron chi connectivity index (χ4n) is 4.58. The largest absolute Gasteiger partial charge is 0.354 e. The molecule has 8 heteroatoms. The molecule has 2 aromatic rings. The maximum absolute atomic E-state index is 13.0. The number of nitrogens with zero attached hydrogens (tertiary/aromatic N) is 4. The molecule has 29 heavy (non-hydrogen) atoms. The summed E-state index contributed by atoms with van der Waals surface area (Å²) in [6.07, 6.45) is 6.67. The SMILES string of the molecule is CCCC(=O)NC[C@H]1[C@H]2C[C@H](CN(C(=O)c3cnccn3)C2)c2cccc(=O)n21. The van der Waals surface area contributed by atoms with Crippen LogP contribution in [0.2, 0.25) is 0 Å². The van der Waals surface area contributed by atoms with Crippen molar-refractivity contribution < 1.29 is 9.59 Å². The third kappa shape index (κ3) is 3.79. The van der Waals surface area contributed by atoms with Crippen molar-refractivity contribution in [3.63, 3.8) is 0 Å². The van der Waals surface area contributed by atoms with Crippen LogP contribution in [0.15, 0.2) is 41.6 Å². The first-order chi connectivity index (χ1) is 14.1. The smallest absolute Gasteiger partial charge is 0.274 e. The second-order valence-electron chi connectivity index (χ2n) is 7.77. The Hall–Kier alpha value is -3.03. The van der Waals surface area contributed by atoms with Gasteiger partial charge in [0.1, 0.15) is 5.69 Å². The van der Waals surface area contributed by atoms with Crippen molar-refractivity contribution in [1.82, 2.24) is 24.8 Å². The highest BCUT2D eigenvalue weighted by Gasteiger charge is 2.42. The summed E-state index contributed by atoms with van der Waals surface area (Å²) in [4.78, 5) is 47.6. The summed E-state index contributed by atoms with van der Waals surface area (Å²) in [7, 11) is 0. The topological polar surface area (TPSA) is 97.2 Å². The fraction of sp³-hybridized carbons (Fsp3) is 0.476. The van der Waals surface area contributed by atoms with E-state index in [4.69, 9.17) is 0 Å². The van der Waals surface area contributed by atoms with Gasteiger partial charge in [-0.15, -0.1) is 0 Å². The van der Waals surface area contributed by atoms with Crippen molar-refractivity contribution in [1.29, 1.82) is 0 Å². The Kier molecular flexibility index (Phi) is 5.42. The van der Waals surface area contributed by atoms with Gasteiger partial charge in [0.2, 0.25) is 5.91 Å². The van der Waals surface area contributed by atoms with Crippen molar-refractivity contribution in [3.8, 4) is 0 Å². The van der Waals surface area contributed by atoms with Crippen LogP contribution < -0.4 is 10.9 Å². The number of nitrogens with one attached hydrogen (secondary N) is 1. The van der Waals surface area contributed by atoms with E-state index in [1.165, 1.54) is 12.4 Å². The summed E-state index contributed by atoms with van der Waals surface area (Å²) >= 11 is 0. The second kappa shape index (κ2) is 8.14. The number of fused-ring (bicyclic) bond motifs is 4. The van der Waals surface area contributed by atoms with E-state index >= 15 is 0 Å². The molecule has 1 fully saturated rings. The Balaban J connectivity index is 1.63. The van der Waals surface area contributed by atoms with Gasteiger partial charge < -0.3 is 14.8 Å². The molecule has 8 nitrogen and oxygen atoms in total. The number of carbonyl (C=O) groups excluding carboxylic acids is 2. The van der Waals surface area contributed by atoms with Crippen LogP contribution in [-0.4, -0.2) is 50.9 Å². The van der Waals surface area contributed by atoms with E-state index in [1.807, 2.05) is 22.5 Å². The van der Waals surface area contributed by atoms with Gasteiger partial charge in [0.15, 0.2) is 0 Å². The zero-order chi connectivity index (χ0) is 20.4. The molecule has 3 atom stereocenters. The Morgan fingerprint density at radius 1 is 1.24 bits per heavy atom. The molecule has 2 aromatic heterocycles. The standard InChI is InChI=1S/C21H25N5O3/c1-2-4-19(27)24-11-18-15-9-14(17-5-3-6-20(28)26(17)18)12-25(13-15)21(29)16-10-22-7-8-23-16/h3,5-8,10,14-15,18H,2,4,9,11-13H2,1H3,(H,24,27)/t14-,15+,18+/m1/s1. The first kappa shape index (κ1) is 19.3. The van der Waals surface area contributed by atoms with Gasteiger partial charge in [-0.05, 0) is 24.8 Å². The number of pyridine rings is 1. The maximum Gasteiger partial charge on any atom is 0.274 e. The first-order valence-corrected chi connectivity index (χ1v) is 10.1. The van der Waals surface area contributed by atoms with E-state index in [-0.39, 0.29) is 35.3 Å². The maximum atomic E-state index is 13.0. The van der Waals surface area contributed by atoms with Crippen LogP contribution in [0.3, 0.4) is 0 Å². The molecule has 1 saturated heterocycles. The number of piperidine rings is 1. The first-order valence-electron chi connectivity index (χ1n) is 10.1. The average Bonchev–Trinajstić information content (AvgIpc) is 2.74. The van der Waals surface area contributed by atoms with Crippen LogP contribution in [0.5, 0.6) is 0 Å². The van der Waals surface area contributed by atoms with Crippen molar-refractivity contribution in [2.45, 2.75) is 38.1 Å². The molecule has 2 aliphatic rings. The molecular weight excluding hydrogens is 370 g/mol. The van der Waals surface area contributed by atoms with Gasteiger partial charge in [0, 0.05) is 56.1 Å². The highest BCUT2D eigenvalue weighted by Crippen LogP contribution is 2.41. The predicted octanol–water partition coefficient (Wildman–Crippen LogP) is 1.36. The van der Waals surface area contributed by atoms with Gasteiger partial charge in [0.25, 0.3) is 11.5 Å². The molecule has 0 aromatic carbocycles. The zero-order valence-electron chi connectivity index (χ0n) is 16.5. The van der Waals surface area contributed by atoms with Crippen LogP contribution >= 0.6 is 0 Å². The minimum atomic E-state index is -0.173. The second-order valence-corrected chi connectivity index (χ2v) is 7.77. The molecule has 4 heterocycles. The lowest BCUT2D eigenvalue weighted by Crippen LogP contribution is -2.53. The molecule has 0 aliphatic carbocycles. The minimum absolute atomic E-state index is 0.0107. The van der Waals surface area contributed by atoms with Crippen LogP contribution in [-0.2, 0) is 4.79 Å². The minimum Gasteiger partial charge on any atom is -0.354 e. The summed E-state index contributed by atoms with van der Waals surface area (Å²) in [6.45, 7) is 3.42. The highest BCUT2D eigenvalue weighted by molar-refractivity contribution is 5.92. The molecule has 1 N–H and O–H groups in total. The summed E-state index contributed by atoms with van der Waals surface area (Å²) in [5.74, 6) is 0.0199. The van der Waals surface area contributed by atoms with Gasteiger partial charge in [-0.25, -0.2) is 4.98 Å². The number of hydrogen-bond acceptors (Lipinski definition) is 5. The van der Waals surface area contributed by atoms with Crippen molar-refractivity contribution in [3.05, 3.63) is 58.5 Å². The van der Waals surface area contributed by atoms with E-state index in [1.54, 1.807) is 18.3 Å². The molecule has 0 spiro atoms. The molecule has 2 aliphatic heterocycles. The molecular formula is C21H25N5O3. The lowest BCUT2D eigenvalue weighted by atomic mass is 9.78. The summed E-state index contributed by atoms with van der Waals surface area (Å²) in [5, 5.41) is 2.98. The third-order valence-corrected chi connectivity index (χ3v) is 5.85. The average molecular weight is 395 g/mol. The lowest BCUT2D eigenvalue weighted by Gasteiger charge is -2.46. The Labute approximate surface area is 169 Å². The normalized spacial score (nSPS) is 22.7. The Bertz CT molecular complexity index is 958. The number of amides is 2. The molecule has 2 bridgehead atoms. The fourth-order valence-corrected chi connectivity index (χ4v) is 4.58. The Morgan fingerprint density at radius 2 is 2.10 bits per heavy atom. The van der Waals surface area contributed by atoms with Gasteiger partial charge in [-0.2, -0.15) is 0 Å². The van der Waals surface area contributed by atoms with Gasteiger partial charge in [-0.1, -0.05) is 13.0 Å². The predicted molar refractivity (Wildman–Crippen MR) is 106 cm³/mol. The number of aromatic nitrogens is 3. The highest BCUT2D eigenvalue weighted by atomic mass is 16.2. The van der Waals surface area contributed by atoms with Gasteiger partial charge in [-0.3, -0.25) is 19.4 Å². The molecule has 0 saturated carbocycles. The molecule has 4 rings (SSSR count). The molecule has 2 amide bonds. The van der Waals surface area contributed by atoms with E-state index in [0.29, 0.717) is 31.7 Å². The Morgan fingerprint density at radius 3 is 2.86 bits per heavy atom. The molecule has 0 radical (unpaired) electrons. The number of rotatable bonds is 5. The number of likely N-dealkylation sites (tertiary alicyclic amines) is 1. The van der Waals surface area contributed by atoms with E-state index in [9.17, 15) is 14.4 Å². The number of hydrogen-bond donors (Lipinski definition) is 1. The van der Waals surface area contributed by atoms with Gasteiger partial charge in [0.05, 0.1) is 12.2 Å². The molecule has 0 unspecified atom stereocenters. The van der Waals surface area contributed by atoms with Crippen LogP contribution in [0.25, 0.3) is 0 Å².